The van der Waals surface area contributed by atoms with Gasteiger partial charge in [0.2, 0.25) is 0 Å². The fourth-order valence-corrected chi connectivity index (χ4v) is 2.09. The quantitative estimate of drug-likeness (QED) is 0.554. The van der Waals surface area contributed by atoms with Gasteiger partial charge in [-0.1, -0.05) is 52.9 Å². The average molecular weight is 200 g/mol. The van der Waals surface area contributed by atoms with Gasteiger partial charge in [0.15, 0.2) is 0 Å². The molecule has 0 amide bonds. The molecule has 0 rings (SSSR count). The van der Waals surface area contributed by atoms with Crippen molar-refractivity contribution in [3.63, 3.8) is 0 Å². The zero-order valence-electron chi connectivity index (χ0n) is 10.3. The third-order valence-electron chi connectivity index (χ3n) is 2.97. The van der Waals surface area contributed by atoms with Crippen LogP contribution in [0.3, 0.4) is 0 Å². The van der Waals surface area contributed by atoms with Crippen LogP contribution in [-0.2, 0) is 0 Å². The number of aliphatic hydroxyl groups is 1. The Kier molecular flexibility index (Phi) is 9.49. The van der Waals surface area contributed by atoms with E-state index in [-0.39, 0.29) is 6.10 Å². The van der Waals surface area contributed by atoms with E-state index < -0.39 is 0 Å². The van der Waals surface area contributed by atoms with E-state index in [9.17, 15) is 5.11 Å². The summed E-state index contributed by atoms with van der Waals surface area (Å²) in [5, 5.41) is 9.94. The third-order valence-corrected chi connectivity index (χ3v) is 2.97. The maximum atomic E-state index is 9.94. The minimum Gasteiger partial charge on any atom is -0.393 e. The average Bonchev–Trinajstić information content (AvgIpc) is 2.17. The van der Waals surface area contributed by atoms with Crippen LogP contribution < -0.4 is 0 Å². The lowest BCUT2D eigenvalue weighted by atomic mass is 9.89. The lowest BCUT2D eigenvalue weighted by molar-refractivity contribution is 0.0862. The second-order valence-electron chi connectivity index (χ2n) is 4.40. The summed E-state index contributed by atoms with van der Waals surface area (Å²) < 4.78 is 0. The summed E-state index contributed by atoms with van der Waals surface area (Å²) in [5.74, 6) is 0.562. The second kappa shape index (κ2) is 9.51. The molecule has 14 heavy (non-hydrogen) atoms. The molecule has 0 bridgehead atoms. The van der Waals surface area contributed by atoms with Crippen LogP contribution in [-0.4, -0.2) is 11.2 Å². The summed E-state index contributed by atoms with van der Waals surface area (Å²) in [6.07, 6.45) is 9.57. The summed E-state index contributed by atoms with van der Waals surface area (Å²) in [6.45, 7) is 6.60. The third kappa shape index (κ3) is 6.42. The maximum absolute atomic E-state index is 9.94. The first-order valence-corrected chi connectivity index (χ1v) is 6.44. The van der Waals surface area contributed by atoms with E-state index in [2.05, 4.69) is 20.8 Å². The Morgan fingerprint density at radius 1 is 0.786 bits per heavy atom. The normalized spacial score (nSPS) is 15.4. The van der Waals surface area contributed by atoms with Crippen molar-refractivity contribution in [2.75, 3.05) is 0 Å². The minimum atomic E-state index is -0.0446. The number of hydrogen-bond acceptors (Lipinski definition) is 1. The molecule has 2 atom stereocenters. The summed E-state index contributed by atoms with van der Waals surface area (Å²) in [6, 6.07) is 0. The standard InChI is InChI=1S/C13H28O/c1-4-7-8-11-12(9-5-2)13(14)10-6-3/h12-14H,4-11H2,1-3H3. The molecule has 86 valence electrons. The van der Waals surface area contributed by atoms with Gasteiger partial charge in [-0.2, -0.15) is 0 Å². The highest BCUT2D eigenvalue weighted by Gasteiger charge is 2.16. The number of rotatable bonds is 9. The Balaban J connectivity index is 3.74. The molecule has 0 saturated heterocycles. The zero-order chi connectivity index (χ0) is 10.8. The predicted molar refractivity (Wildman–Crippen MR) is 63.5 cm³/mol. The van der Waals surface area contributed by atoms with Gasteiger partial charge in [0.25, 0.3) is 0 Å². The molecule has 1 N–H and O–H groups in total. The Morgan fingerprint density at radius 3 is 1.93 bits per heavy atom. The number of aliphatic hydroxyl groups excluding tert-OH is 1. The van der Waals surface area contributed by atoms with Crippen molar-refractivity contribution >= 4 is 0 Å². The van der Waals surface area contributed by atoms with Gasteiger partial charge in [0, 0.05) is 0 Å². The SMILES string of the molecule is CCCCCC(CCC)C(O)CCC. The first-order chi connectivity index (χ1) is 6.76. The van der Waals surface area contributed by atoms with Crippen molar-refractivity contribution in [3.8, 4) is 0 Å². The molecular weight excluding hydrogens is 172 g/mol. The smallest absolute Gasteiger partial charge is 0.0568 e. The van der Waals surface area contributed by atoms with Crippen molar-refractivity contribution in [2.45, 2.75) is 78.2 Å². The van der Waals surface area contributed by atoms with E-state index in [0.717, 1.165) is 12.8 Å². The van der Waals surface area contributed by atoms with Crippen molar-refractivity contribution in [3.05, 3.63) is 0 Å². The molecule has 0 radical (unpaired) electrons. The molecule has 0 aliphatic carbocycles. The van der Waals surface area contributed by atoms with Gasteiger partial charge in [-0.15, -0.1) is 0 Å². The molecule has 0 aliphatic heterocycles. The predicted octanol–water partition coefficient (Wildman–Crippen LogP) is 4.14. The summed E-state index contributed by atoms with van der Waals surface area (Å²) in [4.78, 5) is 0. The van der Waals surface area contributed by atoms with Crippen LogP contribution in [0.1, 0.15) is 72.1 Å². The minimum absolute atomic E-state index is 0.0446. The van der Waals surface area contributed by atoms with Gasteiger partial charge >= 0.3 is 0 Å². The van der Waals surface area contributed by atoms with E-state index in [1.165, 1.54) is 38.5 Å². The van der Waals surface area contributed by atoms with Gasteiger partial charge in [0.1, 0.15) is 0 Å². The van der Waals surface area contributed by atoms with E-state index in [1.807, 2.05) is 0 Å². The monoisotopic (exact) mass is 200 g/mol. The topological polar surface area (TPSA) is 20.2 Å². The van der Waals surface area contributed by atoms with Crippen molar-refractivity contribution in [1.82, 2.24) is 0 Å². The highest BCUT2D eigenvalue weighted by molar-refractivity contribution is 4.68. The van der Waals surface area contributed by atoms with Crippen LogP contribution >= 0.6 is 0 Å². The molecule has 0 heterocycles. The van der Waals surface area contributed by atoms with Crippen LogP contribution in [0.5, 0.6) is 0 Å². The second-order valence-corrected chi connectivity index (χ2v) is 4.40. The first-order valence-electron chi connectivity index (χ1n) is 6.44. The molecular formula is C13H28O. The highest BCUT2D eigenvalue weighted by atomic mass is 16.3. The highest BCUT2D eigenvalue weighted by Crippen LogP contribution is 2.22. The Labute approximate surface area is 89.9 Å². The van der Waals surface area contributed by atoms with Gasteiger partial charge < -0.3 is 5.11 Å². The molecule has 2 unspecified atom stereocenters. The Hall–Kier alpha value is -0.0400. The van der Waals surface area contributed by atoms with Gasteiger partial charge in [0.05, 0.1) is 6.10 Å². The Morgan fingerprint density at radius 2 is 1.43 bits per heavy atom. The van der Waals surface area contributed by atoms with Crippen molar-refractivity contribution in [2.24, 2.45) is 5.92 Å². The van der Waals surface area contributed by atoms with E-state index >= 15 is 0 Å². The molecule has 1 heteroatoms. The molecule has 0 saturated carbocycles. The maximum Gasteiger partial charge on any atom is 0.0568 e. The van der Waals surface area contributed by atoms with Crippen LogP contribution in [0.4, 0.5) is 0 Å². The molecule has 0 aromatic heterocycles. The van der Waals surface area contributed by atoms with Gasteiger partial charge in [-0.05, 0) is 25.2 Å². The first kappa shape index (κ1) is 14.0. The van der Waals surface area contributed by atoms with Crippen molar-refractivity contribution < 1.29 is 5.11 Å². The zero-order valence-corrected chi connectivity index (χ0v) is 10.3. The molecule has 1 nitrogen and oxygen atoms in total. The number of unbranched alkanes of at least 4 members (excludes halogenated alkanes) is 2. The van der Waals surface area contributed by atoms with E-state index in [1.54, 1.807) is 0 Å². The molecule has 0 aromatic carbocycles. The van der Waals surface area contributed by atoms with Gasteiger partial charge in [-0.3, -0.25) is 0 Å². The van der Waals surface area contributed by atoms with E-state index in [0.29, 0.717) is 5.92 Å². The lowest BCUT2D eigenvalue weighted by Gasteiger charge is -2.22. The molecule has 0 aromatic rings. The fraction of sp³-hybridized carbons (Fsp3) is 1.00. The molecule has 0 fully saturated rings. The molecule has 0 spiro atoms. The van der Waals surface area contributed by atoms with Crippen LogP contribution in [0.25, 0.3) is 0 Å². The van der Waals surface area contributed by atoms with Crippen molar-refractivity contribution in [1.29, 1.82) is 0 Å². The summed E-state index contributed by atoms with van der Waals surface area (Å²) in [7, 11) is 0. The van der Waals surface area contributed by atoms with Gasteiger partial charge in [-0.25, -0.2) is 0 Å². The summed E-state index contributed by atoms with van der Waals surface area (Å²) in [5.41, 5.74) is 0. The summed E-state index contributed by atoms with van der Waals surface area (Å²) >= 11 is 0. The van der Waals surface area contributed by atoms with Crippen LogP contribution in [0, 0.1) is 5.92 Å². The lowest BCUT2D eigenvalue weighted by Crippen LogP contribution is -2.20. The van der Waals surface area contributed by atoms with Crippen LogP contribution in [0.2, 0.25) is 0 Å². The Bertz CT molecular complexity index is 112. The van der Waals surface area contributed by atoms with Crippen LogP contribution in [0.15, 0.2) is 0 Å². The fourth-order valence-electron chi connectivity index (χ4n) is 2.09. The largest absolute Gasteiger partial charge is 0.393 e. The number of hydrogen-bond donors (Lipinski definition) is 1. The van der Waals surface area contributed by atoms with E-state index in [4.69, 9.17) is 0 Å². The molecule has 0 aliphatic rings.